The van der Waals surface area contributed by atoms with Crippen LogP contribution in [0.2, 0.25) is 0 Å². The molecule has 19 heavy (non-hydrogen) atoms. The molecular weight excluding hydrogens is 324 g/mol. The van der Waals surface area contributed by atoms with Crippen molar-refractivity contribution in [1.82, 2.24) is 4.90 Å². The molecule has 0 unspecified atom stereocenters. The van der Waals surface area contributed by atoms with Gasteiger partial charge in [-0.25, -0.2) is 0 Å². The van der Waals surface area contributed by atoms with Gasteiger partial charge in [0.25, 0.3) is 5.91 Å². The predicted octanol–water partition coefficient (Wildman–Crippen LogP) is 3.89. The van der Waals surface area contributed by atoms with Crippen molar-refractivity contribution in [2.45, 2.75) is 6.92 Å². The van der Waals surface area contributed by atoms with Gasteiger partial charge in [0.2, 0.25) is 0 Å². The summed E-state index contributed by atoms with van der Waals surface area (Å²) in [4.78, 5) is 14.6. The number of anilines is 1. The summed E-state index contributed by atoms with van der Waals surface area (Å²) >= 11 is 4.85. The molecule has 100 valence electrons. The molecule has 3 nitrogen and oxygen atoms in total. The van der Waals surface area contributed by atoms with Crippen molar-refractivity contribution in [3.8, 4) is 0 Å². The molecule has 0 bridgehead atoms. The molecular formula is C14H15BrN2OS. The van der Waals surface area contributed by atoms with Gasteiger partial charge in [-0.2, -0.15) is 0 Å². The van der Waals surface area contributed by atoms with Crippen LogP contribution in [0.4, 0.5) is 5.69 Å². The molecule has 0 saturated carbocycles. The Bertz CT molecular complexity index is 663. The Balaban J connectivity index is 2.42. The Morgan fingerprint density at radius 3 is 2.84 bits per heavy atom. The fourth-order valence-corrected chi connectivity index (χ4v) is 3.36. The van der Waals surface area contributed by atoms with Gasteiger partial charge in [-0.3, -0.25) is 4.79 Å². The summed E-state index contributed by atoms with van der Waals surface area (Å²) in [7, 11) is 1.76. The Morgan fingerprint density at radius 2 is 2.21 bits per heavy atom. The molecule has 0 fully saturated rings. The second-order valence-corrected chi connectivity index (χ2v) is 6.57. The van der Waals surface area contributed by atoms with Crippen LogP contribution >= 0.6 is 27.3 Å². The third-order valence-electron chi connectivity index (χ3n) is 2.74. The van der Waals surface area contributed by atoms with E-state index in [1.54, 1.807) is 11.9 Å². The summed E-state index contributed by atoms with van der Waals surface area (Å²) in [6.45, 7) is 6.26. The summed E-state index contributed by atoms with van der Waals surface area (Å²) in [5.74, 6) is -0.0576. The van der Waals surface area contributed by atoms with Gasteiger partial charge in [0.05, 0.1) is 5.69 Å². The molecule has 0 aliphatic heterocycles. The molecule has 0 aliphatic rings. The molecule has 0 aliphatic carbocycles. The largest absolute Gasteiger partial charge is 0.397 e. The molecule has 0 saturated heterocycles. The molecule has 1 amide bonds. The van der Waals surface area contributed by atoms with E-state index >= 15 is 0 Å². The van der Waals surface area contributed by atoms with E-state index in [-0.39, 0.29) is 5.91 Å². The quantitative estimate of drug-likeness (QED) is 0.863. The van der Waals surface area contributed by atoms with Crippen molar-refractivity contribution in [2.24, 2.45) is 0 Å². The zero-order valence-corrected chi connectivity index (χ0v) is 13.3. The topological polar surface area (TPSA) is 46.3 Å². The SMILES string of the molecule is C=C(C)CN(C)C(=O)c1sc2ccc(Br)cc2c1N. The summed E-state index contributed by atoms with van der Waals surface area (Å²) in [6, 6.07) is 5.86. The number of nitrogen functional groups attached to an aromatic ring is 1. The maximum absolute atomic E-state index is 12.4. The highest BCUT2D eigenvalue weighted by Crippen LogP contribution is 2.35. The third kappa shape index (κ3) is 2.82. The van der Waals surface area contributed by atoms with Crippen molar-refractivity contribution < 1.29 is 4.79 Å². The van der Waals surface area contributed by atoms with E-state index in [9.17, 15) is 4.79 Å². The van der Waals surface area contributed by atoms with Gasteiger partial charge in [-0.05, 0) is 25.1 Å². The minimum Gasteiger partial charge on any atom is -0.397 e. The lowest BCUT2D eigenvalue weighted by Gasteiger charge is -2.16. The summed E-state index contributed by atoms with van der Waals surface area (Å²) in [5.41, 5.74) is 7.60. The molecule has 2 N–H and O–H groups in total. The first-order valence-corrected chi connectivity index (χ1v) is 7.38. The fraction of sp³-hybridized carbons (Fsp3) is 0.214. The number of hydrogen-bond acceptors (Lipinski definition) is 3. The maximum atomic E-state index is 12.4. The van der Waals surface area contributed by atoms with Crippen molar-refractivity contribution in [3.63, 3.8) is 0 Å². The number of carbonyl (C=O) groups is 1. The number of nitrogens with two attached hydrogens (primary N) is 1. The van der Waals surface area contributed by atoms with Crippen molar-refractivity contribution in [3.05, 3.63) is 39.7 Å². The minimum absolute atomic E-state index is 0.0576. The number of amides is 1. The average Bonchev–Trinajstić information content (AvgIpc) is 2.65. The van der Waals surface area contributed by atoms with Crippen LogP contribution in [0.1, 0.15) is 16.6 Å². The number of thiophene rings is 1. The van der Waals surface area contributed by atoms with Crippen molar-refractivity contribution in [2.75, 3.05) is 19.3 Å². The number of rotatable bonds is 3. The number of carbonyl (C=O) groups excluding carboxylic acids is 1. The monoisotopic (exact) mass is 338 g/mol. The third-order valence-corrected chi connectivity index (χ3v) is 4.40. The van der Waals surface area contributed by atoms with Crippen LogP contribution in [0, 0.1) is 0 Å². The Hall–Kier alpha value is -1.33. The van der Waals surface area contributed by atoms with Crippen LogP contribution in [0.25, 0.3) is 10.1 Å². The molecule has 1 heterocycles. The summed E-state index contributed by atoms with van der Waals surface area (Å²) in [5, 5.41) is 0.923. The van der Waals surface area contributed by atoms with Gasteiger partial charge in [0, 0.05) is 28.2 Å². The van der Waals surface area contributed by atoms with Gasteiger partial charge in [-0.1, -0.05) is 28.1 Å². The summed E-state index contributed by atoms with van der Waals surface area (Å²) in [6.07, 6.45) is 0. The highest BCUT2D eigenvalue weighted by atomic mass is 79.9. The van der Waals surface area contributed by atoms with E-state index in [0.29, 0.717) is 17.1 Å². The second kappa shape index (κ2) is 5.35. The standard InChI is InChI=1S/C14H15BrN2OS/c1-8(2)7-17(3)14(18)13-12(16)10-6-9(15)4-5-11(10)19-13/h4-6H,1,7,16H2,2-3H3. The Morgan fingerprint density at radius 1 is 1.53 bits per heavy atom. The summed E-state index contributed by atoms with van der Waals surface area (Å²) < 4.78 is 1.98. The first kappa shape index (κ1) is 14.1. The molecule has 2 rings (SSSR count). The Kier molecular flexibility index (Phi) is 3.96. The van der Waals surface area contributed by atoms with E-state index in [0.717, 1.165) is 20.1 Å². The van der Waals surface area contributed by atoms with E-state index in [1.165, 1.54) is 11.3 Å². The first-order valence-electron chi connectivity index (χ1n) is 5.77. The zero-order valence-electron chi connectivity index (χ0n) is 10.9. The van der Waals surface area contributed by atoms with E-state index < -0.39 is 0 Å². The second-order valence-electron chi connectivity index (χ2n) is 4.60. The fourth-order valence-electron chi connectivity index (χ4n) is 1.90. The number of benzene rings is 1. The molecule has 0 spiro atoms. The number of halogens is 1. The van der Waals surface area contributed by atoms with Gasteiger partial charge < -0.3 is 10.6 Å². The normalized spacial score (nSPS) is 10.7. The Labute approximate surface area is 124 Å². The molecule has 5 heteroatoms. The highest BCUT2D eigenvalue weighted by Gasteiger charge is 2.19. The lowest BCUT2D eigenvalue weighted by molar-refractivity contribution is 0.0812. The van der Waals surface area contributed by atoms with Crippen LogP contribution < -0.4 is 5.73 Å². The minimum atomic E-state index is -0.0576. The van der Waals surface area contributed by atoms with Crippen LogP contribution in [-0.4, -0.2) is 24.4 Å². The molecule has 0 atom stereocenters. The lowest BCUT2D eigenvalue weighted by Crippen LogP contribution is -2.27. The van der Waals surface area contributed by atoms with Crippen LogP contribution in [0.5, 0.6) is 0 Å². The van der Waals surface area contributed by atoms with Crippen molar-refractivity contribution >= 4 is 48.9 Å². The molecule has 1 aromatic heterocycles. The van der Waals surface area contributed by atoms with E-state index in [4.69, 9.17) is 5.73 Å². The van der Waals surface area contributed by atoms with Crippen molar-refractivity contribution in [1.29, 1.82) is 0 Å². The lowest BCUT2D eigenvalue weighted by atomic mass is 10.2. The van der Waals surface area contributed by atoms with Crippen LogP contribution in [0.15, 0.2) is 34.8 Å². The molecule has 0 radical (unpaired) electrons. The molecule has 1 aromatic carbocycles. The number of nitrogens with zero attached hydrogens (tertiary/aromatic N) is 1. The zero-order chi connectivity index (χ0) is 14.2. The van der Waals surface area contributed by atoms with Crippen LogP contribution in [0.3, 0.4) is 0 Å². The first-order chi connectivity index (χ1) is 8.90. The predicted molar refractivity (Wildman–Crippen MR) is 85.7 cm³/mol. The van der Waals surface area contributed by atoms with Crippen LogP contribution in [-0.2, 0) is 0 Å². The number of likely N-dealkylation sites (N-methyl/N-ethyl adjacent to an activating group) is 1. The molecule has 2 aromatic rings. The number of hydrogen-bond donors (Lipinski definition) is 1. The highest BCUT2D eigenvalue weighted by molar-refractivity contribution is 9.10. The van der Waals surface area contributed by atoms with Gasteiger partial charge in [0.1, 0.15) is 4.88 Å². The number of fused-ring (bicyclic) bond motifs is 1. The van der Waals surface area contributed by atoms with Gasteiger partial charge in [-0.15, -0.1) is 11.3 Å². The average molecular weight is 339 g/mol. The van der Waals surface area contributed by atoms with E-state index in [2.05, 4.69) is 22.5 Å². The maximum Gasteiger partial charge on any atom is 0.266 e. The van der Waals surface area contributed by atoms with Gasteiger partial charge in [0.15, 0.2) is 0 Å². The smallest absolute Gasteiger partial charge is 0.266 e. The van der Waals surface area contributed by atoms with Gasteiger partial charge >= 0.3 is 0 Å². The van der Waals surface area contributed by atoms with E-state index in [1.807, 2.05) is 25.1 Å².